The van der Waals surface area contributed by atoms with Crippen molar-refractivity contribution >= 4 is 34.1 Å². The standard InChI is InChI=1S/C22H17Cl2NO/c23-19-8-4-9-20(24)18(19)14-25-13-12-17-21(25)10-5-11-22(17)26-15-16-6-2-1-3-7-16/h1-13H,14-15H2. The fourth-order valence-electron chi connectivity index (χ4n) is 3.05. The molecule has 26 heavy (non-hydrogen) atoms. The van der Waals surface area contributed by atoms with E-state index in [1.54, 1.807) is 0 Å². The third kappa shape index (κ3) is 3.44. The third-order valence-corrected chi connectivity index (χ3v) is 5.11. The minimum absolute atomic E-state index is 0.543. The zero-order valence-electron chi connectivity index (χ0n) is 14.0. The molecule has 4 rings (SSSR count). The van der Waals surface area contributed by atoms with Gasteiger partial charge in [0.1, 0.15) is 12.4 Å². The first-order valence-corrected chi connectivity index (χ1v) is 9.15. The van der Waals surface area contributed by atoms with Crippen LogP contribution in [0, 0.1) is 0 Å². The van der Waals surface area contributed by atoms with Gasteiger partial charge in [-0.05, 0) is 35.9 Å². The van der Waals surface area contributed by atoms with Gasteiger partial charge >= 0.3 is 0 Å². The summed E-state index contributed by atoms with van der Waals surface area (Å²) in [5, 5.41) is 2.43. The molecule has 0 atom stereocenters. The first-order chi connectivity index (χ1) is 12.7. The molecule has 4 heteroatoms. The monoisotopic (exact) mass is 381 g/mol. The number of rotatable bonds is 5. The second-order valence-corrected chi connectivity index (χ2v) is 6.92. The molecule has 4 aromatic rings. The Bertz CT molecular complexity index is 1020. The topological polar surface area (TPSA) is 14.2 Å². The number of hydrogen-bond donors (Lipinski definition) is 0. The minimum Gasteiger partial charge on any atom is -0.488 e. The van der Waals surface area contributed by atoms with Gasteiger partial charge in [0.15, 0.2) is 0 Å². The van der Waals surface area contributed by atoms with E-state index in [9.17, 15) is 0 Å². The van der Waals surface area contributed by atoms with Gasteiger partial charge in [-0.3, -0.25) is 0 Å². The number of nitrogens with zero attached hydrogens (tertiary/aromatic N) is 1. The van der Waals surface area contributed by atoms with E-state index in [4.69, 9.17) is 27.9 Å². The number of hydrogen-bond acceptors (Lipinski definition) is 1. The number of fused-ring (bicyclic) bond motifs is 1. The molecule has 0 aliphatic carbocycles. The highest BCUT2D eigenvalue weighted by molar-refractivity contribution is 6.36. The summed E-state index contributed by atoms with van der Waals surface area (Å²) in [6, 6.07) is 23.9. The maximum Gasteiger partial charge on any atom is 0.129 e. The fourth-order valence-corrected chi connectivity index (χ4v) is 3.56. The van der Waals surface area contributed by atoms with Crippen LogP contribution in [0.4, 0.5) is 0 Å². The van der Waals surface area contributed by atoms with E-state index in [1.807, 2.05) is 54.7 Å². The lowest BCUT2D eigenvalue weighted by molar-refractivity contribution is 0.310. The van der Waals surface area contributed by atoms with Gasteiger partial charge in [-0.25, -0.2) is 0 Å². The van der Waals surface area contributed by atoms with Crippen molar-refractivity contribution in [3.8, 4) is 5.75 Å². The van der Waals surface area contributed by atoms with Crippen molar-refractivity contribution in [2.45, 2.75) is 13.2 Å². The van der Waals surface area contributed by atoms with Gasteiger partial charge in [0.25, 0.3) is 0 Å². The number of aromatic nitrogens is 1. The van der Waals surface area contributed by atoms with Crippen LogP contribution in [0.5, 0.6) is 5.75 Å². The number of halogens is 2. The van der Waals surface area contributed by atoms with Crippen LogP contribution in [0.15, 0.2) is 79.0 Å². The zero-order valence-corrected chi connectivity index (χ0v) is 15.5. The Morgan fingerprint density at radius 2 is 1.50 bits per heavy atom. The molecule has 0 aliphatic rings. The molecular formula is C22H17Cl2NO. The van der Waals surface area contributed by atoms with Crippen molar-refractivity contribution in [3.05, 3.63) is 100 Å². The largest absolute Gasteiger partial charge is 0.488 e. The Morgan fingerprint density at radius 1 is 0.769 bits per heavy atom. The second kappa shape index (κ2) is 7.45. The van der Waals surface area contributed by atoms with Gasteiger partial charge in [0.05, 0.1) is 12.1 Å². The third-order valence-electron chi connectivity index (χ3n) is 4.40. The summed E-state index contributed by atoms with van der Waals surface area (Å²) < 4.78 is 8.19. The first-order valence-electron chi connectivity index (χ1n) is 8.40. The van der Waals surface area contributed by atoms with Crippen molar-refractivity contribution < 1.29 is 4.74 Å². The minimum atomic E-state index is 0.543. The molecule has 130 valence electrons. The normalized spacial score (nSPS) is 11.0. The maximum absolute atomic E-state index is 6.32. The Kier molecular flexibility index (Phi) is 4.87. The molecule has 1 heterocycles. The predicted molar refractivity (Wildman–Crippen MR) is 108 cm³/mol. The molecule has 2 nitrogen and oxygen atoms in total. The van der Waals surface area contributed by atoms with E-state index in [0.29, 0.717) is 23.2 Å². The van der Waals surface area contributed by atoms with Gasteiger partial charge in [-0.15, -0.1) is 0 Å². The highest BCUT2D eigenvalue weighted by Crippen LogP contribution is 2.30. The summed E-state index contributed by atoms with van der Waals surface area (Å²) in [6.07, 6.45) is 2.04. The van der Waals surface area contributed by atoms with E-state index in [1.165, 1.54) is 0 Å². The fraction of sp³-hybridized carbons (Fsp3) is 0.0909. The molecule has 0 aliphatic heterocycles. The SMILES string of the molecule is Clc1cccc(Cl)c1Cn1ccc2c(OCc3ccccc3)cccc21. The van der Waals surface area contributed by atoms with Gasteiger partial charge in [-0.2, -0.15) is 0 Å². The maximum atomic E-state index is 6.32. The molecule has 0 bridgehead atoms. The van der Waals surface area contributed by atoms with Gasteiger partial charge in [0.2, 0.25) is 0 Å². The predicted octanol–water partition coefficient (Wildman–Crippen LogP) is 6.58. The highest BCUT2D eigenvalue weighted by Gasteiger charge is 2.11. The zero-order chi connectivity index (χ0) is 17.9. The number of ether oxygens (including phenoxy) is 1. The van der Waals surface area contributed by atoms with Gasteiger partial charge in [-0.1, -0.05) is 65.7 Å². The smallest absolute Gasteiger partial charge is 0.129 e. The Morgan fingerprint density at radius 3 is 2.27 bits per heavy atom. The van der Waals surface area contributed by atoms with Gasteiger partial charge in [0, 0.05) is 27.2 Å². The summed E-state index contributed by atoms with van der Waals surface area (Å²) >= 11 is 12.6. The molecule has 3 aromatic carbocycles. The van der Waals surface area contributed by atoms with E-state index < -0.39 is 0 Å². The Balaban J connectivity index is 1.63. The average molecular weight is 382 g/mol. The molecule has 0 saturated carbocycles. The van der Waals surface area contributed by atoms with Crippen LogP contribution in [0.1, 0.15) is 11.1 Å². The second-order valence-electron chi connectivity index (χ2n) is 6.11. The molecule has 0 N–H and O–H groups in total. The van der Waals surface area contributed by atoms with Crippen LogP contribution in [0.2, 0.25) is 10.0 Å². The average Bonchev–Trinajstić information content (AvgIpc) is 3.07. The van der Waals surface area contributed by atoms with Crippen molar-refractivity contribution in [3.63, 3.8) is 0 Å². The summed E-state index contributed by atoms with van der Waals surface area (Å²) in [5.41, 5.74) is 3.15. The lowest BCUT2D eigenvalue weighted by Crippen LogP contribution is -2.00. The van der Waals surface area contributed by atoms with Crippen LogP contribution >= 0.6 is 23.2 Å². The molecule has 0 radical (unpaired) electrons. The summed E-state index contributed by atoms with van der Waals surface area (Å²) in [4.78, 5) is 0. The van der Waals surface area contributed by atoms with Crippen molar-refractivity contribution in [1.82, 2.24) is 4.57 Å². The van der Waals surface area contributed by atoms with Crippen molar-refractivity contribution in [2.75, 3.05) is 0 Å². The first kappa shape index (κ1) is 17.0. The van der Waals surface area contributed by atoms with E-state index >= 15 is 0 Å². The molecular weight excluding hydrogens is 365 g/mol. The summed E-state index contributed by atoms with van der Waals surface area (Å²) in [5.74, 6) is 0.871. The van der Waals surface area contributed by atoms with Gasteiger partial charge < -0.3 is 9.30 Å². The van der Waals surface area contributed by atoms with Crippen LogP contribution in [-0.2, 0) is 13.2 Å². The lowest BCUT2D eigenvalue weighted by atomic mass is 10.2. The van der Waals surface area contributed by atoms with Crippen LogP contribution < -0.4 is 4.74 Å². The Labute approximate surface area is 162 Å². The Hall–Kier alpha value is -2.42. The molecule has 0 spiro atoms. The molecule has 0 fully saturated rings. The molecule has 0 saturated heterocycles. The van der Waals surface area contributed by atoms with Crippen molar-refractivity contribution in [1.29, 1.82) is 0 Å². The summed E-state index contributed by atoms with van der Waals surface area (Å²) in [6.45, 7) is 1.16. The van der Waals surface area contributed by atoms with E-state index in [-0.39, 0.29) is 0 Å². The van der Waals surface area contributed by atoms with Crippen molar-refractivity contribution in [2.24, 2.45) is 0 Å². The van der Waals surface area contributed by atoms with Crippen LogP contribution in [0.3, 0.4) is 0 Å². The van der Waals surface area contributed by atoms with E-state index in [0.717, 1.165) is 27.8 Å². The molecule has 0 amide bonds. The summed E-state index contributed by atoms with van der Waals surface area (Å²) in [7, 11) is 0. The number of benzene rings is 3. The van der Waals surface area contributed by atoms with E-state index in [2.05, 4.69) is 28.8 Å². The highest BCUT2D eigenvalue weighted by atomic mass is 35.5. The molecule has 1 aromatic heterocycles. The van der Waals surface area contributed by atoms with Crippen LogP contribution in [-0.4, -0.2) is 4.57 Å². The quantitative estimate of drug-likeness (QED) is 0.381. The lowest BCUT2D eigenvalue weighted by Gasteiger charge is -2.11. The van der Waals surface area contributed by atoms with Crippen LogP contribution in [0.25, 0.3) is 10.9 Å². The molecule has 0 unspecified atom stereocenters.